The molecule has 0 fully saturated rings. The lowest BCUT2D eigenvalue weighted by Crippen LogP contribution is -2.32. The van der Waals surface area contributed by atoms with Crippen molar-refractivity contribution in [3.8, 4) is 0 Å². The standard InChI is InChI=1S/C6H12N2O2.6CH4/c1-5(9)3-6(10)8-4-7-2;;;;;;/h7H,3-4H2,1-2H3,(H,8,10);6*1H4. The Balaban J connectivity index is -0.0000000270. The Bertz CT molecular complexity index is 137. The summed E-state index contributed by atoms with van der Waals surface area (Å²) >= 11 is 0. The van der Waals surface area contributed by atoms with Crippen LogP contribution in [0.5, 0.6) is 0 Å². The van der Waals surface area contributed by atoms with Crippen LogP contribution in [0.3, 0.4) is 0 Å². The van der Waals surface area contributed by atoms with Crippen molar-refractivity contribution in [1.29, 1.82) is 0 Å². The molecular weight excluding hydrogens is 204 g/mol. The summed E-state index contributed by atoms with van der Waals surface area (Å²) in [5, 5.41) is 5.22. The van der Waals surface area contributed by atoms with Crippen LogP contribution in [-0.4, -0.2) is 25.4 Å². The Morgan fingerprint density at radius 3 is 1.56 bits per heavy atom. The van der Waals surface area contributed by atoms with Crippen LogP contribution in [0, 0.1) is 0 Å². The second-order valence-electron chi connectivity index (χ2n) is 2.01. The Morgan fingerprint density at radius 2 is 1.31 bits per heavy atom. The van der Waals surface area contributed by atoms with Gasteiger partial charge in [0.15, 0.2) is 0 Å². The molecule has 0 saturated heterocycles. The number of nitrogens with one attached hydrogen (secondary N) is 2. The number of Topliss-reactive ketones (excluding diaryl/α,β-unsaturated/α-hetero) is 1. The molecule has 0 aromatic carbocycles. The van der Waals surface area contributed by atoms with Gasteiger partial charge in [0.25, 0.3) is 0 Å². The van der Waals surface area contributed by atoms with E-state index in [1.807, 2.05) is 0 Å². The molecule has 4 heteroatoms. The maximum Gasteiger partial charge on any atom is 0.228 e. The van der Waals surface area contributed by atoms with Gasteiger partial charge in [-0.2, -0.15) is 0 Å². The van der Waals surface area contributed by atoms with Crippen LogP contribution >= 0.6 is 0 Å². The Morgan fingerprint density at radius 1 is 0.938 bits per heavy atom. The third kappa shape index (κ3) is 38.0. The fourth-order valence-corrected chi connectivity index (χ4v) is 0.476. The number of carbonyl (C=O) groups excluding carboxylic acids is 2. The van der Waals surface area contributed by atoms with Crippen molar-refractivity contribution in [3.05, 3.63) is 0 Å². The van der Waals surface area contributed by atoms with Crippen LogP contribution in [0.2, 0.25) is 0 Å². The normalized spacial score (nSPS) is 5.62. The van der Waals surface area contributed by atoms with Gasteiger partial charge in [0.1, 0.15) is 5.78 Å². The second kappa shape index (κ2) is 29.2. The summed E-state index contributed by atoms with van der Waals surface area (Å²) < 4.78 is 0. The summed E-state index contributed by atoms with van der Waals surface area (Å²) in [5.41, 5.74) is 0. The van der Waals surface area contributed by atoms with Crippen LogP contribution in [-0.2, 0) is 9.59 Å². The number of amides is 1. The van der Waals surface area contributed by atoms with E-state index in [4.69, 9.17) is 0 Å². The molecule has 0 spiro atoms. The quantitative estimate of drug-likeness (QED) is 0.586. The summed E-state index contributed by atoms with van der Waals surface area (Å²) in [4.78, 5) is 21.0. The van der Waals surface area contributed by atoms with E-state index in [-0.39, 0.29) is 62.7 Å². The van der Waals surface area contributed by atoms with Crippen molar-refractivity contribution in [3.63, 3.8) is 0 Å². The number of ketones is 1. The molecule has 0 bridgehead atoms. The zero-order valence-electron chi connectivity index (χ0n) is 6.23. The lowest BCUT2D eigenvalue weighted by molar-refractivity contribution is -0.127. The molecule has 1 amide bonds. The third-order valence-electron chi connectivity index (χ3n) is 0.872. The molecule has 0 unspecified atom stereocenters. The highest BCUT2D eigenvalue weighted by molar-refractivity contribution is 5.96. The summed E-state index contributed by atoms with van der Waals surface area (Å²) in [6, 6.07) is 0. The van der Waals surface area contributed by atoms with E-state index in [0.29, 0.717) is 6.67 Å². The molecule has 0 saturated carbocycles. The second-order valence-corrected chi connectivity index (χ2v) is 2.01. The summed E-state index contributed by atoms with van der Waals surface area (Å²) in [6.45, 7) is 1.80. The maximum atomic E-state index is 10.6. The maximum absolute atomic E-state index is 10.6. The average molecular weight is 240 g/mol. The van der Waals surface area contributed by atoms with Crippen molar-refractivity contribution in [2.24, 2.45) is 0 Å². The summed E-state index contributed by atoms with van der Waals surface area (Å²) in [5.74, 6) is -0.351. The molecule has 0 heterocycles. The zero-order chi connectivity index (χ0) is 7.98. The first kappa shape index (κ1) is 45.8. The van der Waals surface area contributed by atoms with Gasteiger partial charge in [-0.3, -0.25) is 9.59 Å². The molecule has 0 rings (SSSR count). The lowest BCUT2D eigenvalue weighted by Gasteiger charge is -2.00. The van der Waals surface area contributed by atoms with Crippen molar-refractivity contribution in [1.82, 2.24) is 10.6 Å². The molecule has 0 aliphatic heterocycles. The monoisotopic (exact) mass is 240 g/mol. The molecule has 0 aromatic rings. The predicted molar refractivity (Wildman–Crippen MR) is 77.8 cm³/mol. The first-order valence-electron chi connectivity index (χ1n) is 3.07. The van der Waals surface area contributed by atoms with E-state index >= 15 is 0 Å². The van der Waals surface area contributed by atoms with Gasteiger partial charge in [-0.1, -0.05) is 44.6 Å². The van der Waals surface area contributed by atoms with E-state index in [1.165, 1.54) is 6.92 Å². The highest BCUT2D eigenvalue weighted by Crippen LogP contribution is 1.79. The van der Waals surface area contributed by atoms with Crippen LogP contribution in [0.15, 0.2) is 0 Å². The van der Waals surface area contributed by atoms with E-state index in [1.54, 1.807) is 7.05 Å². The van der Waals surface area contributed by atoms with Gasteiger partial charge < -0.3 is 10.6 Å². The fraction of sp³-hybridized carbons (Fsp3) is 0.833. The first-order chi connectivity index (χ1) is 4.66. The van der Waals surface area contributed by atoms with E-state index in [2.05, 4.69) is 10.6 Å². The smallest absolute Gasteiger partial charge is 0.228 e. The Hall–Kier alpha value is -0.900. The minimum atomic E-state index is -0.234. The SMILES string of the molecule is C.C.C.C.C.C.CNCNC(=O)CC(C)=O. The van der Waals surface area contributed by atoms with Crippen LogP contribution in [0.25, 0.3) is 0 Å². The lowest BCUT2D eigenvalue weighted by atomic mass is 10.3. The minimum absolute atomic E-state index is 0. The van der Waals surface area contributed by atoms with E-state index in [9.17, 15) is 9.59 Å². The molecule has 4 nitrogen and oxygen atoms in total. The van der Waals surface area contributed by atoms with Crippen molar-refractivity contribution in [2.45, 2.75) is 57.9 Å². The number of hydrogen-bond acceptors (Lipinski definition) is 3. The number of rotatable bonds is 4. The molecule has 0 aliphatic rings. The first-order valence-corrected chi connectivity index (χ1v) is 3.07. The van der Waals surface area contributed by atoms with Gasteiger partial charge in [0.2, 0.25) is 5.91 Å². The van der Waals surface area contributed by atoms with Gasteiger partial charge in [-0.05, 0) is 14.0 Å². The van der Waals surface area contributed by atoms with Gasteiger partial charge in [-0.25, -0.2) is 0 Å². The van der Waals surface area contributed by atoms with Crippen LogP contribution in [0.1, 0.15) is 57.9 Å². The molecule has 16 heavy (non-hydrogen) atoms. The molecule has 2 N–H and O–H groups in total. The molecule has 0 aliphatic carbocycles. The van der Waals surface area contributed by atoms with Crippen LogP contribution in [0.4, 0.5) is 0 Å². The predicted octanol–water partition coefficient (Wildman–Crippen LogP) is 3.08. The van der Waals surface area contributed by atoms with E-state index < -0.39 is 0 Å². The summed E-state index contributed by atoms with van der Waals surface area (Å²) in [7, 11) is 1.72. The topological polar surface area (TPSA) is 58.2 Å². The van der Waals surface area contributed by atoms with Gasteiger partial charge in [-0.15, -0.1) is 0 Å². The molecule has 106 valence electrons. The van der Waals surface area contributed by atoms with E-state index in [0.717, 1.165) is 0 Å². The van der Waals surface area contributed by atoms with Gasteiger partial charge in [0, 0.05) is 0 Å². The minimum Gasteiger partial charge on any atom is -0.343 e. The molecular formula is C12H36N2O2. The van der Waals surface area contributed by atoms with Crippen molar-refractivity contribution < 1.29 is 9.59 Å². The van der Waals surface area contributed by atoms with Crippen molar-refractivity contribution >= 4 is 11.7 Å². The Kier molecular flexibility index (Phi) is 83.6. The van der Waals surface area contributed by atoms with Crippen LogP contribution < -0.4 is 10.6 Å². The van der Waals surface area contributed by atoms with Crippen molar-refractivity contribution in [2.75, 3.05) is 13.7 Å². The highest BCUT2D eigenvalue weighted by Gasteiger charge is 2.01. The van der Waals surface area contributed by atoms with Gasteiger partial charge >= 0.3 is 0 Å². The third-order valence-corrected chi connectivity index (χ3v) is 0.872. The number of carbonyl (C=O) groups is 2. The number of hydrogen-bond donors (Lipinski definition) is 2. The largest absolute Gasteiger partial charge is 0.343 e. The average Bonchev–Trinajstić information content (AvgIpc) is 1.82. The Labute approximate surface area is 104 Å². The zero-order valence-corrected chi connectivity index (χ0v) is 6.23. The fourth-order valence-electron chi connectivity index (χ4n) is 0.476. The summed E-state index contributed by atoms with van der Waals surface area (Å²) in [6.07, 6.45) is -0.0261. The molecule has 0 atom stereocenters. The molecule has 0 aromatic heterocycles. The highest BCUT2D eigenvalue weighted by atomic mass is 16.2. The molecule has 0 radical (unpaired) electrons. The van der Waals surface area contributed by atoms with Gasteiger partial charge in [0.05, 0.1) is 13.1 Å².